The van der Waals surface area contributed by atoms with Crippen molar-refractivity contribution in [3.05, 3.63) is 71.5 Å². The molecule has 0 amide bonds. The van der Waals surface area contributed by atoms with Gasteiger partial charge in [-0.3, -0.25) is 0 Å². The van der Waals surface area contributed by atoms with Crippen LogP contribution in [-0.2, 0) is 11.2 Å². The van der Waals surface area contributed by atoms with Gasteiger partial charge in [0.2, 0.25) is 5.89 Å². The Morgan fingerprint density at radius 3 is 2.70 bits per heavy atom. The highest BCUT2D eigenvalue weighted by Gasteiger charge is 2.13. The van der Waals surface area contributed by atoms with Crippen LogP contribution >= 0.6 is 0 Å². The number of benzene rings is 1. The minimum Gasteiger partial charge on any atom is -0.478 e. The van der Waals surface area contributed by atoms with Crippen LogP contribution < -0.4 is 0 Å². The zero-order valence-electron chi connectivity index (χ0n) is 12.5. The molecule has 1 aromatic carbocycles. The second kappa shape index (κ2) is 6.36. The van der Waals surface area contributed by atoms with Crippen LogP contribution in [0.25, 0.3) is 17.5 Å². The SMILES string of the molecule is Cc1oc(-c2ccccc2)nc1Cc1ccc(C=CC(=O)O)o1. The maximum absolute atomic E-state index is 10.5. The fraction of sp³-hybridized carbons (Fsp3) is 0.111. The van der Waals surface area contributed by atoms with Crippen LogP contribution in [0.1, 0.15) is 23.0 Å². The first kappa shape index (κ1) is 14.8. The van der Waals surface area contributed by atoms with Gasteiger partial charge in [0.15, 0.2) is 0 Å². The summed E-state index contributed by atoms with van der Waals surface area (Å²) in [5, 5.41) is 8.61. The Morgan fingerprint density at radius 1 is 1.17 bits per heavy atom. The third kappa shape index (κ3) is 3.58. The number of aryl methyl sites for hydroxylation is 1. The summed E-state index contributed by atoms with van der Waals surface area (Å²) in [5.41, 5.74) is 1.72. The summed E-state index contributed by atoms with van der Waals surface area (Å²) in [4.78, 5) is 15.0. The summed E-state index contributed by atoms with van der Waals surface area (Å²) in [6.45, 7) is 1.86. The van der Waals surface area contributed by atoms with Gasteiger partial charge < -0.3 is 13.9 Å². The number of furan rings is 1. The molecule has 23 heavy (non-hydrogen) atoms. The molecule has 3 aromatic rings. The lowest BCUT2D eigenvalue weighted by Crippen LogP contribution is -1.89. The lowest BCUT2D eigenvalue weighted by molar-refractivity contribution is -0.131. The molecule has 0 spiro atoms. The van der Waals surface area contributed by atoms with E-state index in [9.17, 15) is 4.79 Å². The maximum Gasteiger partial charge on any atom is 0.328 e. The van der Waals surface area contributed by atoms with Gasteiger partial charge in [-0.1, -0.05) is 18.2 Å². The normalized spacial score (nSPS) is 11.2. The van der Waals surface area contributed by atoms with Crippen molar-refractivity contribution in [2.45, 2.75) is 13.3 Å². The third-order valence-corrected chi connectivity index (χ3v) is 3.33. The number of aromatic nitrogens is 1. The number of oxazole rings is 1. The summed E-state index contributed by atoms with van der Waals surface area (Å²) >= 11 is 0. The average Bonchev–Trinajstić information content (AvgIpc) is 3.14. The van der Waals surface area contributed by atoms with Gasteiger partial charge >= 0.3 is 5.97 Å². The van der Waals surface area contributed by atoms with Gasteiger partial charge in [-0.15, -0.1) is 0 Å². The van der Waals surface area contributed by atoms with E-state index >= 15 is 0 Å². The Bertz CT molecular complexity index is 843. The minimum atomic E-state index is -1.01. The molecule has 0 bridgehead atoms. The topological polar surface area (TPSA) is 76.5 Å². The Morgan fingerprint density at radius 2 is 1.96 bits per heavy atom. The van der Waals surface area contributed by atoms with E-state index in [1.54, 1.807) is 12.1 Å². The lowest BCUT2D eigenvalue weighted by Gasteiger charge is -1.93. The Balaban J connectivity index is 1.78. The Kier molecular flexibility index (Phi) is 4.10. The average molecular weight is 309 g/mol. The van der Waals surface area contributed by atoms with Crippen LogP contribution in [0.3, 0.4) is 0 Å². The molecule has 0 aliphatic heterocycles. The first-order valence-electron chi connectivity index (χ1n) is 7.13. The van der Waals surface area contributed by atoms with Crippen molar-refractivity contribution < 1.29 is 18.7 Å². The number of nitrogens with zero attached hydrogens (tertiary/aromatic N) is 1. The van der Waals surface area contributed by atoms with Gasteiger partial charge in [-0.05, 0) is 37.3 Å². The molecule has 5 nitrogen and oxygen atoms in total. The van der Waals surface area contributed by atoms with Gasteiger partial charge in [0, 0.05) is 11.6 Å². The van der Waals surface area contributed by atoms with E-state index in [0.717, 1.165) is 23.1 Å². The fourth-order valence-electron chi connectivity index (χ4n) is 2.19. The molecule has 0 aliphatic rings. The summed E-state index contributed by atoms with van der Waals surface area (Å²) in [5.74, 6) is 1.50. The highest BCUT2D eigenvalue weighted by Crippen LogP contribution is 2.23. The van der Waals surface area contributed by atoms with Crippen molar-refractivity contribution in [1.29, 1.82) is 0 Å². The summed E-state index contributed by atoms with van der Waals surface area (Å²) in [7, 11) is 0. The van der Waals surface area contributed by atoms with Crippen molar-refractivity contribution in [2.75, 3.05) is 0 Å². The zero-order chi connectivity index (χ0) is 16.2. The number of carboxylic acid groups (broad SMARTS) is 1. The van der Waals surface area contributed by atoms with E-state index in [4.69, 9.17) is 13.9 Å². The third-order valence-electron chi connectivity index (χ3n) is 3.33. The molecule has 116 valence electrons. The first-order chi connectivity index (χ1) is 11.1. The highest BCUT2D eigenvalue weighted by atomic mass is 16.4. The molecule has 0 aliphatic carbocycles. The zero-order valence-corrected chi connectivity index (χ0v) is 12.5. The lowest BCUT2D eigenvalue weighted by atomic mass is 10.2. The summed E-state index contributed by atoms with van der Waals surface area (Å²) in [6.07, 6.45) is 2.94. The first-order valence-corrected chi connectivity index (χ1v) is 7.13. The number of carbonyl (C=O) groups is 1. The molecule has 1 N–H and O–H groups in total. The van der Waals surface area contributed by atoms with E-state index in [-0.39, 0.29) is 0 Å². The quantitative estimate of drug-likeness (QED) is 0.723. The van der Waals surface area contributed by atoms with E-state index in [0.29, 0.717) is 23.8 Å². The van der Waals surface area contributed by atoms with Crippen molar-refractivity contribution >= 4 is 12.0 Å². The molecule has 0 atom stereocenters. The van der Waals surface area contributed by atoms with Crippen LogP contribution in [0, 0.1) is 6.92 Å². The fourth-order valence-corrected chi connectivity index (χ4v) is 2.19. The van der Waals surface area contributed by atoms with Gasteiger partial charge in [0.1, 0.15) is 17.3 Å². The van der Waals surface area contributed by atoms with E-state index in [1.807, 2.05) is 37.3 Å². The molecule has 3 rings (SSSR count). The van der Waals surface area contributed by atoms with Crippen molar-refractivity contribution in [3.63, 3.8) is 0 Å². The van der Waals surface area contributed by atoms with Crippen LogP contribution in [0.15, 0.2) is 57.4 Å². The maximum atomic E-state index is 10.5. The van der Waals surface area contributed by atoms with Crippen molar-refractivity contribution in [1.82, 2.24) is 4.98 Å². The smallest absolute Gasteiger partial charge is 0.328 e. The summed E-state index contributed by atoms with van der Waals surface area (Å²) < 4.78 is 11.3. The van der Waals surface area contributed by atoms with Crippen molar-refractivity contribution in [2.24, 2.45) is 0 Å². The summed E-state index contributed by atoms with van der Waals surface area (Å²) in [6, 6.07) is 13.2. The van der Waals surface area contributed by atoms with E-state index in [1.165, 1.54) is 6.08 Å². The van der Waals surface area contributed by atoms with Gasteiger partial charge in [-0.2, -0.15) is 0 Å². The second-order valence-electron chi connectivity index (χ2n) is 5.04. The monoisotopic (exact) mass is 309 g/mol. The molecule has 0 radical (unpaired) electrons. The molecule has 2 heterocycles. The molecule has 0 unspecified atom stereocenters. The number of carboxylic acids is 1. The van der Waals surface area contributed by atoms with E-state index < -0.39 is 5.97 Å². The van der Waals surface area contributed by atoms with Crippen LogP contribution in [0.4, 0.5) is 0 Å². The molecule has 2 aromatic heterocycles. The minimum absolute atomic E-state index is 0.489. The predicted octanol–water partition coefficient (Wildman–Crippen LogP) is 3.93. The van der Waals surface area contributed by atoms with Crippen LogP contribution in [-0.4, -0.2) is 16.1 Å². The molecule has 0 fully saturated rings. The highest BCUT2D eigenvalue weighted by molar-refractivity contribution is 5.84. The molecular formula is C18H15NO4. The number of hydrogen-bond acceptors (Lipinski definition) is 4. The molecule has 0 saturated heterocycles. The molecule has 0 saturated carbocycles. The number of aliphatic carboxylic acids is 1. The van der Waals surface area contributed by atoms with E-state index in [2.05, 4.69) is 4.98 Å². The van der Waals surface area contributed by atoms with Gasteiger partial charge in [0.25, 0.3) is 0 Å². The Hall–Kier alpha value is -3.08. The standard InChI is InChI=1S/C18H15NO4/c1-12-16(19-18(22-12)13-5-3-2-4-6-13)11-15-8-7-14(23-15)9-10-17(20)21/h2-10H,11H2,1H3,(H,20,21). The second-order valence-corrected chi connectivity index (χ2v) is 5.04. The van der Waals surface area contributed by atoms with Crippen LogP contribution in [0.2, 0.25) is 0 Å². The van der Waals surface area contributed by atoms with Gasteiger partial charge in [0.05, 0.1) is 12.1 Å². The number of hydrogen-bond donors (Lipinski definition) is 1. The van der Waals surface area contributed by atoms with Crippen molar-refractivity contribution in [3.8, 4) is 11.5 Å². The van der Waals surface area contributed by atoms with Gasteiger partial charge in [-0.25, -0.2) is 9.78 Å². The predicted molar refractivity (Wildman–Crippen MR) is 84.9 cm³/mol. The van der Waals surface area contributed by atoms with Crippen LogP contribution in [0.5, 0.6) is 0 Å². The Labute approximate surface area is 132 Å². The largest absolute Gasteiger partial charge is 0.478 e. The molecule has 5 heteroatoms. The number of rotatable bonds is 5. The molecular weight excluding hydrogens is 294 g/mol.